The van der Waals surface area contributed by atoms with E-state index in [-0.39, 0.29) is 11.6 Å². The van der Waals surface area contributed by atoms with E-state index in [0.29, 0.717) is 11.4 Å². The van der Waals surface area contributed by atoms with Crippen LogP contribution in [0.4, 0.5) is 5.69 Å². The summed E-state index contributed by atoms with van der Waals surface area (Å²) in [6.45, 7) is 1.64. The lowest BCUT2D eigenvalue weighted by Gasteiger charge is -2.14. The molecule has 22 heavy (non-hydrogen) atoms. The largest absolute Gasteiger partial charge is 0.481 e. The number of carbonyl (C=O) groups is 2. The van der Waals surface area contributed by atoms with Crippen molar-refractivity contribution in [2.24, 2.45) is 5.73 Å². The van der Waals surface area contributed by atoms with Gasteiger partial charge < -0.3 is 15.8 Å². The van der Waals surface area contributed by atoms with Crippen molar-refractivity contribution in [3.63, 3.8) is 0 Å². The topological polar surface area (TPSA) is 94.3 Å². The summed E-state index contributed by atoms with van der Waals surface area (Å²) in [7, 11) is 0. The zero-order valence-electron chi connectivity index (χ0n) is 11.7. The first-order valence-corrected chi connectivity index (χ1v) is 7.24. The molecule has 0 aliphatic carbocycles. The first kappa shape index (κ1) is 16.0. The molecule has 0 radical (unpaired) electrons. The van der Waals surface area contributed by atoms with Crippen LogP contribution in [-0.4, -0.2) is 22.9 Å². The molecule has 2 rings (SSSR count). The van der Waals surface area contributed by atoms with E-state index >= 15 is 0 Å². The molecule has 1 aromatic carbocycles. The lowest BCUT2D eigenvalue weighted by Crippen LogP contribution is -2.30. The Morgan fingerprint density at radius 1 is 1.23 bits per heavy atom. The minimum atomic E-state index is -0.683. The Morgan fingerprint density at radius 2 is 1.91 bits per heavy atom. The van der Waals surface area contributed by atoms with Crippen LogP contribution in [0.25, 0.3) is 0 Å². The van der Waals surface area contributed by atoms with Gasteiger partial charge in [0.2, 0.25) is 0 Å². The van der Waals surface area contributed by atoms with Crippen molar-refractivity contribution in [3.8, 4) is 5.75 Å². The zero-order valence-corrected chi connectivity index (χ0v) is 13.3. The van der Waals surface area contributed by atoms with E-state index in [1.807, 2.05) is 12.1 Å². The van der Waals surface area contributed by atoms with Gasteiger partial charge in [0.15, 0.2) is 6.10 Å². The molecule has 2 aromatic rings. The highest BCUT2D eigenvalue weighted by atomic mass is 79.9. The van der Waals surface area contributed by atoms with E-state index in [2.05, 4.69) is 26.2 Å². The van der Waals surface area contributed by atoms with E-state index < -0.39 is 12.0 Å². The Bertz CT molecular complexity index is 671. The minimum Gasteiger partial charge on any atom is -0.481 e. The van der Waals surface area contributed by atoms with Crippen molar-refractivity contribution in [2.45, 2.75) is 13.0 Å². The van der Waals surface area contributed by atoms with Crippen LogP contribution in [0.15, 0.2) is 47.1 Å². The van der Waals surface area contributed by atoms with E-state index in [4.69, 9.17) is 10.5 Å². The van der Waals surface area contributed by atoms with Gasteiger partial charge in [-0.2, -0.15) is 0 Å². The molecule has 1 atom stereocenters. The number of halogens is 1. The smallest absolute Gasteiger partial charge is 0.267 e. The van der Waals surface area contributed by atoms with Gasteiger partial charge in [-0.25, -0.2) is 4.98 Å². The summed E-state index contributed by atoms with van der Waals surface area (Å²) < 4.78 is 6.47. The molecule has 1 heterocycles. The number of carbonyl (C=O) groups excluding carboxylic acids is 2. The molecule has 0 aliphatic heterocycles. The summed E-state index contributed by atoms with van der Waals surface area (Å²) in [5.41, 5.74) is 5.69. The lowest BCUT2D eigenvalue weighted by atomic mass is 10.3. The normalized spacial score (nSPS) is 11.5. The number of rotatable bonds is 5. The third-order valence-electron chi connectivity index (χ3n) is 2.78. The fourth-order valence-electron chi connectivity index (χ4n) is 1.63. The van der Waals surface area contributed by atoms with Crippen LogP contribution in [0, 0.1) is 0 Å². The zero-order chi connectivity index (χ0) is 16.1. The number of pyridine rings is 1. The van der Waals surface area contributed by atoms with Gasteiger partial charge in [0, 0.05) is 4.47 Å². The summed E-state index contributed by atoms with van der Waals surface area (Å²) in [5, 5.41) is 2.65. The van der Waals surface area contributed by atoms with Gasteiger partial charge in [0.25, 0.3) is 11.8 Å². The summed E-state index contributed by atoms with van der Waals surface area (Å²) >= 11 is 3.33. The predicted molar refractivity (Wildman–Crippen MR) is 85.6 cm³/mol. The molecular weight excluding hydrogens is 350 g/mol. The summed E-state index contributed by atoms with van der Waals surface area (Å²) in [6, 6.07) is 10.2. The number of hydrogen-bond donors (Lipinski definition) is 2. The second-order valence-electron chi connectivity index (χ2n) is 4.50. The van der Waals surface area contributed by atoms with E-state index in [1.54, 1.807) is 25.1 Å². The fraction of sp³-hybridized carbons (Fsp3) is 0.133. The molecule has 2 amide bonds. The molecule has 0 aliphatic rings. The molecule has 3 N–H and O–H groups in total. The predicted octanol–water partition coefficient (Wildman–Crippen LogP) is 2.35. The number of hydrogen-bond acceptors (Lipinski definition) is 4. The Kier molecular flexibility index (Phi) is 5.11. The molecule has 6 nitrogen and oxygen atoms in total. The average molecular weight is 364 g/mol. The first-order chi connectivity index (χ1) is 10.5. The Labute approximate surface area is 135 Å². The van der Waals surface area contributed by atoms with Gasteiger partial charge >= 0.3 is 0 Å². The van der Waals surface area contributed by atoms with Crippen molar-refractivity contribution >= 4 is 33.4 Å². The van der Waals surface area contributed by atoms with Gasteiger partial charge in [0.1, 0.15) is 11.4 Å². The molecule has 0 saturated carbocycles. The summed E-state index contributed by atoms with van der Waals surface area (Å²) in [6.07, 6.45) is 0.682. The third-order valence-corrected chi connectivity index (χ3v) is 3.31. The molecule has 114 valence electrons. The quantitative estimate of drug-likeness (QED) is 0.852. The maximum absolute atomic E-state index is 12.0. The fourth-order valence-corrected chi connectivity index (χ4v) is 1.89. The number of amides is 2. The Balaban J connectivity index is 1.95. The van der Waals surface area contributed by atoms with Crippen molar-refractivity contribution in [1.29, 1.82) is 0 Å². The molecule has 1 unspecified atom stereocenters. The molecule has 0 saturated heterocycles. The number of primary amides is 1. The molecular formula is C15H14BrN3O3. The number of ether oxygens (including phenoxy) is 1. The van der Waals surface area contributed by atoms with Gasteiger partial charge in [0.05, 0.1) is 11.9 Å². The number of nitrogens with two attached hydrogens (primary N) is 1. The lowest BCUT2D eigenvalue weighted by molar-refractivity contribution is -0.122. The van der Waals surface area contributed by atoms with Crippen LogP contribution in [-0.2, 0) is 4.79 Å². The van der Waals surface area contributed by atoms with Gasteiger partial charge in [-0.15, -0.1) is 0 Å². The minimum absolute atomic E-state index is 0.136. The van der Waals surface area contributed by atoms with Crippen LogP contribution in [0.5, 0.6) is 5.75 Å². The Morgan fingerprint density at radius 3 is 2.45 bits per heavy atom. The van der Waals surface area contributed by atoms with Crippen molar-refractivity contribution < 1.29 is 14.3 Å². The van der Waals surface area contributed by atoms with Crippen molar-refractivity contribution in [1.82, 2.24) is 4.98 Å². The van der Waals surface area contributed by atoms with Gasteiger partial charge in [-0.1, -0.05) is 15.9 Å². The van der Waals surface area contributed by atoms with E-state index in [1.165, 1.54) is 12.3 Å². The number of nitrogens with one attached hydrogen (secondary N) is 1. The van der Waals surface area contributed by atoms with Crippen LogP contribution in [0.1, 0.15) is 17.4 Å². The number of aromatic nitrogens is 1. The second kappa shape index (κ2) is 7.04. The monoisotopic (exact) mass is 363 g/mol. The Hall–Kier alpha value is -2.41. The standard InChI is InChI=1S/C15H14BrN3O3/c1-9(22-12-5-2-10(16)3-6-12)15(21)19-11-4-7-13(14(17)20)18-8-11/h2-9H,1H3,(H2,17,20)(H,19,21). The van der Waals surface area contributed by atoms with Crippen LogP contribution in [0.3, 0.4) is 0 Å². The number of benzene rings is 1. The molecule has 0 fully saturated rings. The SMILES string of the molecule is CC(Oc1ccc(Br)cc1)C(=O)Nc1ccc(C(N)=O)nc1. The number of anilines is 1. The summed E-state index contributed by atoms with van der Waals surface area (Å²) in [5.74, 6) is -0.352. The summed E-state index contributed by atoms with van der Waals surface area (Å²) in [4.78, 5) is 26.8. The van der Waals surface area contributed by atoms with Crippen molar-refractivity contribution in [3.05, 3.63) is 52.8 Å². The maximum atomic E-state index is 12.0. The van der Waals surface area contributed by atoms with Gasteiger partial charge in [-0.3, -0.25) is 9.59 Å². The van der Waals surface area contributed by atoms with Crippen molar-refractivity contribution in [2.75, 3.05) is 5.32 Å². The molecule has 0 bridgehead atoms. The second-order valence-corrected chi connectivity index (χ2v) is 5.42. The average Bonchev–Trinajstić information content (AvgIpc) is 2.50. The van der Waals surface area contributed by atoms with Gasteiger partial charge in [-0.05, 0) is 43.3 Å². The molecule has 1 aromatic heterocycles. The molecule has 0 spiro atoms. The van der Waals surface area contributed by atoms with E-state index in [0.717, 1.165) is 4.47 Å². The highest BCUT2D eigenvalue weighted by Crippen LogP contribution is 2.17. The molecule has 7 heteroatoms. The number of nitrogens with zero attached hydrogens (tertiary/aromatic N) is 1. The highest BCUT2D eigenvalue weighted by Gasteiger charge is 2.15. The maximum Gasteiger partial charge on any atom is 0.267 e. The first-order valence-electron chi connectivity index (χ1n) is 6.44. The third kappa shape index (κ3) is 4.29. The van der Waals surface area contributed by atoms with Crippen LogP contribution >= 0.6 is 15.9 Å². The van der Waals surface area contributed by atoms with E-state index in [9.17, 15) is 9.59 Å². The van der Waals surface area contributed by atoms with Crippen LogP contribution < -0.4 is 15.8 Å². The van der Waals surface area contributed by atoms with Crippen LogP contribution in [0.2, 0.25) is 0 Å². The highest BCUT2D eigenvalue weighted by molar-refractivity contribution is 9.10.